The molecule has 0 saturated carbocycles. The van der Waals surface area contributed by atoms with Gasteiger partial charge in [0, 0.05) is 11.0 Å². The summed E-state index contributed by atoms with van der Waals surface area (Å²) < 4.78 is 1.18. The van der Waals surface area contributed by atoms with E-state index in [1.54, 1.807) is 24.3 Å². The molecule has 118 valence electrons. The highest BCUT2D eigenvalue weighted by Gasteiger charge is 2.23. The molecule has 23 heavy (non-hydrogen) atoms. The molecule has 0 saturated heterocycles. The fourth-order valence-electron chi connectivity index (χ4n) is 1.99. The van der Waals surface area contributed by atoms with Crippen molar-refractivity contribution in [3.63, 3.8) is 0 Å². The number of hydrogen-bond donors (Lipinski definition) is 1. The van der Waals surface area contributed by atoms with E-state index in [4.69, 9.17) is 0 Å². The monoisotopic (exact) mass is 329 g/mol. The average molecular weight is 329 g/mol. The van der Waals surface area contributed by atoms with Gasteiger partial charge in [-0.3, -0.25) is 14.9 Å². The first-order chi connectivity index (χ1) is 10.9. The second-order valence-corrected chi connectivity index (χ2v) is 6.98. The van der Waals surface area contributed by atoms with Gasteiger partial charge in [-0.1, -0.05) is 50.3 Å². The predicted molar refractivity (Wildman–Crippen MR) is 88.0 cm³/mol. The zero-order valence-electron chi connectivity index (χ0n) is 12.9. The Bertz CT molecular complexity index is 924. The first kappa shape index (κ1) is 15.3. The summed E-state index contributed by atoms with van der Waals surface area (Å²) in [6.07, 6.45) is 0. The van der Waals surface area contributed by atoms with Crippen LogP contribution in [0.25, 0.3) is 4.96 Å². The molecule has 0 fully saturated rings. The Morgan fingerprint density at radius 2 is 1.87 bits per heavy atom. The molecule has 0 atom stereocenters. The number of rotatable bonds is 2. The smallest absolute Gasteiger partial charge is 0.296 e. The molecule has 1 amide bonds. The van der Waals surface area contributed by atoms with Crippen LogP contribution in [0, 0.1) is 0 Å². The summed E-state index contributed by atoms with van der Waals surface area (Å²) in [7, 11) is 0. The van der Waals surface area contributed by atoms with Crippen LogP contribution in [0.5, 0.6) is 0 Å². The van der Waals surface area contributed by atoms with Crippen LogP contribution in [0.3, 0.4) is 0 Å². The van der Waals surface area contributed by atoms with Crippen molar-refractivity contribution in [3.05, 3.63) is 51.9 Å². The highest BCUT2D eigenvalue weighted by Crippen LogP contribution is 2.19. The van der Waals surface area contributed by atoms with Crippen molar-refractivity contribution in [1.29, 1.82) is 0 Å². The SMILES string of the molecule is CC(C)(C)c1nnc2sc(NC(=O)c3ccccc3)nn2c1=O. The molecular formula is C15H15N5O2S. The number of nitrogens with zero attached hydrogens (tertiary/aromatic N) is 4. The lowest BCUT2D eigenvalue weighted by Gasteiger charge is -2.14. The van der Waals surface area contributed by atoms with Crippen molar-refractivity contribution in [3.8, 4) is 0 Å². The first-order valence-corrected chi connectivity index (χ1v) is 7.81. The fourth-order valence-corrected chi connectivity index (χ4v) is 2.73. The summed E-state index contributed by atoms with van der Waals surface area (Å²) in [5, 5.41) is 15.1. The largest absolute Gasteiger partial charge is 0.297 e. The van der Waals surface area contributed by atoms with Crippen molar-refractivity contribution in [2.75, 3.05) is 5.32 Å². The van der Waals surface area contributed by atoms with Gasteiger partial charge in [0.1, 0.15) is 5.69 Å². The molecule has 7 nitrogen and oxygen atoms in total. The van der Waals surface area contributed by atoms with E-state index in [1.807, 2.05) is 26.8 Å². The van der Waals surface area contributed by atoms with Crippen LogP contribution in [0.2, 0.25) is 0 Å². The molecule has 3 rings (SSSR count). The molecule has 1 N–H and O–H groups in total. The Balaban J connectivity index is 1.97. The lowest BCUT2D eigenvalue weighted by Crippen LogP contribution is -2.30. The summed E-state index contributed by atoms with van der Waals surface area (Å²) in [6.45, 7) is 5.65. The molecule has 0 aliphatic carbocycles. The Morgan fingerprint density at radius 1 is 1.17 bits per heavy atom. The maximum Gasteiger partial charge on any atom is 0.297 e. The van der Waals surface area contributed by atoms with Crippen LogP contribution in [0.4, 0.5) is 5.13 Å². The summed E-state index contributed by atoms with van der Waals surface area (Å²) >= 11 is 1.10. The number of carbonyl (C=O) groups excluding carboxylic acids is 1. The topological polar surface area (TPSA) is 89.2 Å². The number of fused-ring (bicyclic) bond motifs is 1. The van der Waals surface area contributed by atoms with Crippen LogP contribution in [-0.4, -0.2) is 25.7 Å². The minimum atomic E-state index is -0.428. The third-order valence-electron chi connectivity index (χ3n) is 3.16. The molecule has 3 aromatic rings. The lowest BCUT2D eigenvalue weighted by molar-refractivity contribution is 0.102. The number of anilines is 1. The number of aromatic nitrogens is 4. The van der Waals surface area contributed by atoms with E-state index in [1.165, 1.54) is 4.52 Å². The lowest BCUT2D eigenvalue weighted by atomic mass is 9.93. The van der Waals surface area contributed by atoms with E-state index < -0.39 is 5.41 Å². The van der Waals surface area contributed by atoms with Crippen molar-refractivity contribution in [1.82, 2.24) is 19.8 Å². The van der Waals surface area contributed by atoms with Gasteiger partial charge in [0.2, 0.25) is 10.1 Å². The number of hydrogen-bond acceptors (Lipinski definition) is 6. The summed E-state index contributed by atoms with van der Waals surface area (Å²) in [6, 6.07) is 8.79. The van der Waals surface area contributed by atoms with Gasteiger partial charge in [0.05, 0.1) is 0 Å². The van der Waals surface area contributed by atoms with E-state index in [9.17, 15) is 9.59 Å². The molecule has 0 unspecified atom stereocenters. The predicted octanol–water partition coefficient (Wildman–Crippen LogP) is 2.10. The second kappa shape index (κ2) is 5.54. The average Bonchev–Trinajstić information content (AvgIpc) is 2.90. The van der Waals surface area contributed by atoms with Crippen molar-refractivity contribution in [2.45, 2.75) is 26.2 Å². The van der Waals surface area contributed by atoms with E-state index >= 15 is 0 Å². The highest BCUT2D eigenvalue weighted by molar-refractivity contribution is 7.20. The zero-order valence-corrected chi connectivity index (χ0v) is 13.7. The molecule has 0 radical (unpaired) electrons. The van der Waals surface area contributed by atoms with E-state index in [2.05, 4.69) is 20.6 Å². The van der Waals surface area contributed by atoms with E-state index in [-0.39, 0.29) is 11.5 Å². The Hall–Kier alpha value is -2.61. The van der Waals surface area contributed by atoms with Crippen LogP contribution in [-0.2, 0) is 5.41 Å². The summed E-state index contributed by atoms with van der Waals surface area (Å²) in [5.41, 5.74) is 0.100. The number of benzene rings is 1. The van der Waals surface area contributed by atoms with E-state index in [0.717, 1.165) is 11.3 Å². The van der Waals surface area contributed by atoms with Crippen molar-refractivity contribution >= 4 is 27.3 Å². The van der Waals surface area contributed by atoms with Gasteiger partial charge < -0.3 is 0 Å². The molecule has 1 aromatic carbocycles. The zero-order chi connectivity index (χ0) is 16.6. The van der Waals surface area contributed by atoms with Gasteiger partial charge in [-0.05, 0) is 12.1 Å². The number of amides is 1. The summed E-state index contributed by atoms with van der Waals surface area (Å²) in [4.78, 5) is 24.9. The van der Waals surface area contributed by atoms with Crippen LogP contribution >= 0.6 is 11.3 Å². The van der Waals surface area contributed by atoms with Gasteiger partial charge in [0.25, 0.3) is 11.5 Å². The molecule has 2 heterocycles. The first-order valence-electron chi connectivity index (χ1n) is 7.00. The Labute approximate surface area is 136 Å². The molecular weight excluding hydrogens is 314 g/mol. The van der Waals surface area contributed by atoms with E-state index in [0.29, 0.717) is 21.3 Å². The standard InChI is InChI=1S/C15H15N5O2S/c1-15(2,3)10-12(22)20-14(18-17-10)23-13(19-20)16-11(21)9-7-5-4-6-8-9/h4-8H,1-3H3,(H,16,19,21). The maximum atomic E-state index is 12.4. The quantitative estimate of drug-likeness (QED) is 0.777. The third-order valence-corrected chi connectivity index (χ3v) is 3.97. The molecule has 0 spiro atoms. The highest BCUT2D eigenvalue weighted by atomic mass is 32.1. The van der Waals surface area contributed by atoms with Crippen LogP contribution in [0.15, 0.2) is 35.1 Å². The van der Waals surface area contributed by atoms with Crippen molar-refractivity contribution in [2.24, 2.45) is 0 Å². The van der Waals surface area contributed by atoms with Gasteiger partial charge in [-0.25, -0.2) is 0 Å². The molecule has 8 heteroatoms. The van der Waals surface area contributed by atoms with Gasteiger partial charge in [-0.2, -0.15) is 4.52 Å². The number of nitrogens with one attached hydrogen (secondary N) is 1. The fraction of sp³-hybridized carbons (Fsp3) is 0.267. The van der Waals surface area contributed by atoms with Gasteiger partial charge in [0.15, 0.2) is 0 Å². The molecule has 0 bridgehead atoms. The normalized spacial score (nSPS) is 11.6. The minimum Gasteiger partial charge on any atom is -0.296 e. The Kier molecular flexibility index (Phi) is 3.69. The maximum absolute atomic E-state index is 12.4. The van der Waals surface area contributed by atoms with Gasteiger partial charge in [-0.15, -0.1) is 15.3 Å². The number of carbonyl (C=O) groups is 1. The minimum absolute atomic E-state index is 0.290. The third kappa shape index (κ3) is 2.98. The molecule has 0 aliphatic heterocycles. The van der Waals surface area contributed by atoms with Gasteiger partial charge >= 0.3 is 0 Å². The Morgan fingerprint density at radius 3 is 2.52 bits per heavy atom. The second-order valence-electron chi connectivity index (χ2n) is 6.03. The van der Waals surface area contributed by atoms with Crippen LogP contribution < -0.4 is 10.9 Å². The summed E-state index contributed by atoms with van der Waals surface area (Å²) in [5.74, 6) is -0.290. The molecule has 0 aliphatic rings. The van der Waals surface area contributed by atoms with Crippen molar-refractivity contribution < 1.29 is 4.79 Å². The van der Waals surface area contributed by atoms with Crippen LogP contribution in [0.1, 0.15) is 36.8 Å². The molecule has 2 aromatic heterocycles.